The first-order chi connectivity index (χ1) is 5.65. The van der Waals surface area contributed by atoms with Crippen LogP contribution in [0.4, 0.5) is 0 Å². The fourth-order valence-electron chi connectivity index (χ4n) is 0.618. The van der Waals surface area contributed by atoms with Crippen molar-refractivity contribution in [3.8, 4) is 0 Å². The van der Waals surface area contributed by atoms with E-state index in [0.29, 0.717) is 0 Å². The molecule has 0 fully saturated rings. The number of amides is 1. The largest absolute Gasteiger partial charge is 0.467 e. The minimum atomic E-state index is -0.942. The summed E-state index contributed by atoms with van der Waals surface area (Å²) in [7, 11) is 1.20. The van der Waals surface area contributed by atoms with Gasteiger partial charge in [-0.05, 0) is 0 Å². The van der Waals surface area contributed by atoms with Crippen LogP contribution in [0.1, 0.15) is 13.3 Å². The molecule has 0 aromatic carbocycles. The van der Waals surface area contributed by atoms with Gasteiger partial charge in [0.1, 0.15) is 0 Å². The molecule has 5 heteroatoms. The van der Waals surface area contributed by atoms with Crippen LogP contribution in [0.2, 0.25) is 0 Å². The van der Waals surface area contributed by atoms with E-state index in [2.05, 4.69) is 10.1 Å². The molecule has 2 N–H and O–H groups in total. The zero-order valence-electron chi connectivity index (χ0n) is 7.16. The lowest BCUT2D eigenvalue weighted by Gasteiger charge is -2.12. The molecule has 12 heavy (non-hydrogen) atoms. The Kier molecular flexibility index (Phi) is 5.03. The van der Waals surface area contributed by atoms with E-state index in [0.717, 1.165) is 0 Å². The highest BCUT2D eigenvalue weighted by Gasteiger charge is 2.18. The number of rotatable bonds is 4. The van der Waals surface area contributed by atoms with Gasteiger partial charge in [0.05, 0.1) is 13.7 Å². The number of hydrogen-bond donors (Lipinski definition) is 2. The van der Waals surface area contributed by atoms with Gasteiger partial charge in [0.15, 0.2) is 6.04 Å². The quantitative estimate of drug-likeness (QED) is 0.540. The summed E-state index contributed by atoms with van der Waals surface area (Å²) >= 11 is 0. The molecule has 0 radical (unpaired) electrons. The molecule has 0 aliphatic heterocycles. The fraction of sp³-hybridized carbons (Fsp3) is 0.714. The van der Waals surface area contributed by atoms with E-state index in [-0.39, 0.29) is 12.3 Å². The van der Waals surface area contributed by atoms with Crippen molar-refractivity contribution in [3.05, 3.63) is 0 Å². The standard InChI is InChI=1S/C7H13NO4/c1-3-6(10)8-5(4-9)7(11)12-2/h5,9H,3-4H2,1-2H3,(H,8,10)/t5-/m0/s1. The van der Waals surface area contributed by atoms with Gasteiger partial charge in [-0.3, -0.25) is 4.79 Å². The maximum Gasteiger partial charge on any atom is 0.330 e. The normalized spacial score (nSPS) is 11.9. The van der Waals surface area contributed by atoms with Crippen LogP contribution >= 0.6 is 0 Å². The van der Waals surface area contributed by atoms with Crippen LogP contribution in [-0.2, 0) is 14.3 Å². The topological polar surface area (TPSA) is 75.6 Å². The van der Waals surface area contributed by atoms with Gasteiger partial charge in [-0.2, -0.15) is 0 Å². The van der Waals surface area contributed by atoms with Crippen molar-refractivity contribution in [2.75, 3.05) is 13.7 Å². The Morgan fingerprint density at radius 2 is 2.17 bits per heavy atom. The lowest BCUT2D eigenvalue weighted by atomic mass is 10.3. The maximum atomic E-state index is 10.8. The summed E-state index contributed by atoms with van der Waals surface area (Å²) in [6, 6.07) is -0.942. The van der Waals surface area contributed by atoms with Gasteiger partial charge >= 0.3 is 5.97 Å². The average Bonchev–Trinajstić information content (AvgIpc) is 2.12. The van der Waals surface area contributed by atoms with Gasteiger partial charge in [-0.15, -0.1) is 0 Å². The Bertz CT molecular complexity index is 169. The summed E-state index contributed by atoms with van der Waals surface area (Å²) in [5, 5.41) is 11.0. The van der Waals surface area contributed by atoms with E-state index in [4.69, 9.17) is 5.11 Å². The van der Waals surface area contributed by atoms with Gasteiger partial charge in [0, 0.05) is 6.42 Å². The molecular weight excluding hydrogens is 162 g/mol. The summed E-state index contributed by atoms with van der Waals surface area (Å²) in [6.45, 7) is 1.21. The van der Waals surface area contributed by atoms with Gasteiger partial charge in [-0.25, -0.2) is 4.79 Å². The minimum Gasteiger partial charge on any atom is -0.467 e. The second-order valence-electron chi connectivity index (χ2n) is 2.18. The third-order valence-corrected chi connectivity index (χ3v) is 1.32. The zero-order valence-corrected chi connectivity index (χ0v) is 7.16. The molecule has 0 spiro atoms. The second-order valence-corrected chi connectivity index (χ2v) is 2.18. The Morgan fingerprint density at radius 1 is 1.58 bits per heavy atom. The van der Waals surface area contributed by atoms with E-state index < -0.39 is 18.6 Å². The Labute approximate surface area is 70.7 Å². The van der Waals surface area contributed by atoms with Crippen LogP contribution < -0.4 is 5.32 Å². The summed E-state index contributed by atoms with van der Waals surface area (Å²) in [4.78, 5) is 21.6. The zero-order chi connectivity index (χ0) is 9.56. The number of aliphatic hydroxyl groups is 1. The van der Waals surface area contributed by atoms with Crippen LogP contribution in [0.15, 0.2) is 0 Å². The first-order valence-corrected chi connectivity index (χ1v) is 3.63. The lowest BCUT2D eigenvalue weighted by molar-refractivity contribution is -0.146. The average molecular weight is 175 g/mol. The van der Waals surface area contributed by atoms with Crippen LogP contribution in [0.3, 0.4) is 0 Å². The molecule has 0 aromatic rings. The van der Waals surface area contributed by atoms with E-state index >= 15 is 0 Å². The summed E-state index contributed by atoms with van der Waals surface area (Å²) in [5.74, 6) is -0.932. The van der Waals surface area contributed by atoms with E-state index in [9.17, 15) is 9.59 Å². The van der Waals surface area contributed by atoms with Crippen molar-refractivity contribution in [1.82, 2.24) is 5.32 Å². The first-order valence-electron chi connectivity index (χ1n) is 3.63. The van der Waals surface area contributed by atoms with Crippen LogP contribution in [0.25, 0.3) is 0 Å². The highest BCUT2D eigenvalue weighted by molar-refractivity contribution is 5.84. The molecule has 0 heterocycles. The van der Waals surface area contributed by atoms with Crippen LogP contribution in [-0.4, -0.2) is 36.7 Å². The van der Waals surface area contributed by atoms with E-state index in [1.807, 2.05) is 0 Å². The Morgan fingerprint density at radius 3 is 2.50 bits per heavy atom. The molecule has 0 bridgehead atoms. The van der Waals surface area contributed by atoms with Crippen molar-refractivity contribution >= 4 is 11.9 Å². The van der Waals surface area contributed by atoms with Gasteiger partial charge in [-0.1, -0.05) is 6.92 Å². The molecule has 0 aliphatic carbocycles. The highest BCUT2D eigenvalue weighted by atomic mass is 16.5. The molecule has 0 aliphatic rings. The van der Waals surface area contributed by atoms with Gasteiger partial charge < -0.3 is 15.2 Å². The molecule has 1 atom stereocenters. The van der Waals surface area contributed by atoms with Crippen molar-refractivity contribution in [3.63, 3.8) is 0 Å². The summed E-state index contributed by atoms with van der Waals surface area (Å²) < 4.78 is 4.33. The maximum absolute atomic E-state index is 10.8. The summed E-state index contributed by atoms with van der Waals surface area (Å²) in [6.07, 6.45) is 0.271. The predicted molar refractivity (Wildman–Crippen MR) is 41.3 cm³/mol. The number of aliphatic hydroxyl groups excluding tert-OH is 1. The molecule has 0 rings (SSSR count). The molecule has 1 amide bonds. The molecule has 70 valence electrons. The smallest absolute Gasteiger partial charge is 0.330 e. The van der Waals surface area contributed by atoms with Crippen molar-refractivity contribution in [2.24, 2.45) is 0 Å². The minimum absolute atomic E-state index is 0.271. The second kappa shape index (κ2) is 5.54. The van der Waals surface area contributed by atoms with Crippen LogP contribution in [0, 0.1) is 0 Å². The SMILES string of the molecule is CCC(=O)N[C@@H](CO)C(=O)OC. The van der Waals surface area contributed by atoms with Crippen molar-refractivity contribution < 1.29 is 19.4 Å². The molecule has 0 unspecified atom stereocenters. The first kappa shape index (κ1) is 10.9. The van der Waals surface area contributed by atoms with Crippen molar-refractivity contribution in [2.45, 2.75) is 19.4 Å². The number of carbonyl (C=O) groups is 2. The number of hydrogen-bond acceptors (Lipinski definition) is 4. The highest BCUT2D eigenvalue weighted by Crippen LogP contribution is 1.87. The van der Waals surface area contributed by atoms with E-state index in [1.165, 1.54) is 7.11 Å². The van der Waals surface area contributed by atoms with E-state index in [1.54, 1.807) is 6.92 Å². The number of ether oxygens (including phenoxy) is 1. The predicted octanol–water partition coefficient (Wildman–Crippen LogP) is -0.953. The third-order valence-electron chi connectivity index (χ3n) is 1.32. The van der Waals surface area contributed by atoms with Gasteiger partial charge in [0.2, 0.25) is 5.91 Å². The fourth-order valence-corrected chi connectivity index (χ4v) is 0.618. The van der Waals surface area contributed by atoms with Gasteiger partial charge in [0.25, 0.3) is 0 Å². The molecule has 0 aromatic heterocycles. The Balaban J connectivity index is 3.99. The molecule has 5 nitrogen and oxygen atoms in total. The number of esters is 1. The molecular formula is C7H13NO4. The lowest BCUT2D eigenvalue weighted by Crippen LogP contribution is -2.43. The number of methoxy groups -OCH3 is 1. The number of nitrogens with one attached hydrogen (secondary N) is 1. The van der Waals surface area contributed by atoms with Crippen LogP contribution in [0.5, 0.6) is 0 Å². The third kappa shape index (κ3) is 3.34. The monoisotopic (exact) mass is 175 g/mol. The van der Waals surface area contributed by atoms with Crippen molar-refractivity contribution in [1.29, 1.82) is 0 Å². The number of carbonyl (C=O) groups excluding carboxylic acids is 2. The molecule has 0 saturated heterocycles. The summed E-state index contributed by atoms with van der Waals surface area (Å²) in [5.41, 5.74) is 0. The Hall–Kier alpha value is -1.10. The molecule has 0 saturated carbocycles.